The number of nitriles is 1. The Morgan fingerprint density at radius 1 is 0.721 bits per heavy atom. The van der Waals surface area contributed by atoms with Crippen LogP contribution in [-0.4, -0.2) is 113 Å². The fraction of sp³-hybridized carbons (Fsp3) is 0.830. The van der Waals surface area contributed by atoms with Gasteiger partial charge in [-0.2, -0.15) is 5.26 Å². The predicted octanol–water partition coefficient (Wildman–Crippen LogP) is 6.34. The van der Waals surface area contributed by atoms with Crippen molar-refractivity contribution in [3.8, 4) is 6.07 Å². The molecule has 14 nitrogen and oxygen atoms in total. The summed E-state index contributed by atoms with van der Waals surface area (Å²) >= 11 is 0. The lowest BCUT2D eigenvalue weighted by atomic mass is 9.83. The first-order valence-electron chi connectivity index (χ1n) is 23.3. The van der Waals surface area contributed by atoms with Crippen LogP contribution in [0.3, 0.4) is 0 Å². The van der Waals surface area contributed by atoms with Crippen LogP contribution in [0.25, 0.3) is 0 Å². The third-order valence-electron chi connectivity index (χ3n) is 12.7. The van der Waals surface area contributed by atoms with Gasteiger partial charge in [0, 0.05) is 46.3 Å². The van der Waals surface area contributed by atoms with E-state index in [1.54, 1.807) is 7.05 Å². The fourth-order valence-corrected chi connectivity index (χ4v) is 8.84. The highest BCUT2D eigenvalue weighted by Gasteiger charge is 2.41. The molecule has 0 spiro atoms. The van der Waals surface area contributed by atoms with Crippen LogP contribution in [0.4, 0.5) is 0 Å². The molecule has 0 aromatic heterocycles. The zero-order valence-electron chi connectivity index (χ0n) is 39.4. The maximum absolute atomic E-state index is 14.8. The van der Waals surface area contributed by atoms with E-state index in [1.807, 2.05) is 47.6 Å². The van der Waals surface area contributed by atoms with Crippen molar-refractivity contribution >= 4 is 41.3 Å². The molecule has 5 amide bonds. The van der Waals surface area contributed by atoms with Crippen molar-refractivity contribution in [3.05, 3.63) is 0 Å². The minimum atomic E-state index is -1.44. The van der Waals surface area contributed by atoms with Crippen molar-refractivity contribution < 1.29 is 38.3 Å². The van der Waals surface area contributed by atoms with Crippen molar-refractivity contribution in [3.63, 3.8) is 0 Å². The van der Waals surface area contributed by atoms with Gasteiger partial charge in [0.25, 0.3) is 5.91 Å². The summed E-state index contributed by atoms with van der Waals surface area (Å²) < 4.78 is 5.73. The average molecular weight is 857 g/mol. The number of likely N-dealkylation sites (N-methyl/N-ethyl adjacent to an activating group) is 3. The number of hydrogen-bond acceptors (Lipinski definition) is 9. The van der Waals surface area contributed by atoms with Gasteiger partial charge in [-0.3, -0.25) is 28.8 Å². The van der Waals surface area contributed by atoms with Crippen molar-refractivity contribution in [2.75, 3.05) is 21.1 Å². The van der Waals surface area contributed by atoms with E-state index < -0.39 is 71.8 Å². The second-order valence-corrected chi connectivity index (χ2v) is 18.9. The Bertz CT molecular complexity index is 1510. The Morgan fingerprint density at radius 3 is 1.89 bits per heavy atom. The minimum Gasteiger partial charge on any atom is -0.451 e. The first-order chi connectivity index (χ1) is 28.8. The number of unbranched alkanes of at least 4 members (excludes halogenated alkanes) is 1. The highest BCUT2D eigenvalue weighted by Crippen LogP contribution is 2.31. The molecule has 1 saturated carbocycles. The molecule has 61 heavy (non-hydrogen) atoms. The normalized spacial score (nSPS) is 27.1. The van der Waals surface area contributed by atoms with Crippen molar-refractivity contribution in [2.24, 2.45) is 29.6 Å². The summed E-state index contributed by atoms with van der Waals surface area (Å²) in [6, 6.07) is -3.14. The molecule has 2 fully saturated rings. The summed E-state index contributed by atoms with van der Waals surface area (Å²) in [5.41, 5.74) is 0. The molecule has 14 heteroatoms. The monoisotopic (exact) mass is 857 g/mol. The van der Waals surface area contributed by atoms with Crippen LogP contribution in [0.5, 0.6) is 0 Å². The van der Waals surface area contributed by atoms with Gasteiger partial charge in [0.15, 0.2) is 11.9 Å². The highest BCUT2D eigenvalue weighted by molar-refractivity contribution is 5.97. The number of hydrogen-bond donors (Lipinski definition) is 2. The summed E-state index contributed by atoms with van der Waals surface area (Å²) in [5, 5.41) is 15.2. The van der Waals surface area contributed by atoms with E-state index in [0.717, 1.165) is 51.4 Å². The number of rotatable bonds is 15. The Hall–Kier alpha value is -4.02. The van der Waals surface area contributed by atoms with Crippen LogP contribution in [0, 0.1) is 40.9 Å². The maximum Gasteiger partial charge on any atom is 0.329 e. The lowest BCUT2D eigenvalue weighted by molar-refractivity contribution is -0.163. The molecule has 1 aliphatic carbocycles. The summed E-state index contributed by atoms with van der Waals surface area (Å²) in [5.74, 6) is -4.31. The van der Waals surface area contributed by atoms with Gasteiger partial charge in [-0.1, -0.05) is 106 Å². The molecule has 1 saturated heterocycles. The standard InChI is InChI=1S/C47H80N6O8/c1-12-14-20-32(7)27-37-46(59)51(9)33(8)47(60)61-41(23-18-24-48)43(56)49-36(19-13-2)45(58)52(10)38(26-31(5)6)40(54)29-35(25-30(3)4)44(57)53(11)39(42(55)50-37)28-34-21-16-15-17-22-34/h30-39,41H,12-23,25-29H2,1-11H3,(H,49,56)(H,50,55)/t32-,33+,35-,36+,37?,38+,39+,41-/m1/s1. The summed E-state index contributed by atoms with van der Waals surface area (Å²) in [7, 11) is 4.61. The second-order valence-electron chi connectivity index (χ2n) is 18.9. The molecular weight excluding hydrogens is 777 g/mol. The van der Waals surface area contributed by atoms with Crippen LogP contribution in [-0.2, 0) is 38.3 Å². The van der Waals surface area contributed by atoms with E-state index in [1.165, 1.54) is 35.7 Å². The largest absolute Gasteiger partial charge is 0.451 e. The number of Topliss-reactive ketones (excluding diaryl/α,β-unsaturated/α-hetero) is 1. The number of carbonyl (C=O) groups excluding carboxylic acids is 7. The topological polar surface area (TPSA) is 186 Å². The van der Waals surface area contributed by atoms with E-state index in [2.05, 4.69) is 17.6 Å². The predicted molar refractivity (Wildman–Crippen MR) is 235 cm³/mol. The average Bonchev–Trinajstić information content (AvgIpc) is 3.22. The van der Waals surface area contributed by atoms with E-state index in [0.29, 0.717) is 32.1 Å². The number of ether oxygens (including phenoxy) is 1. The molecule has 2 rings (SSSR count). The lowest BCUT2D eigenvalue weighted by Crippen LogP contribution is -2.57. The first-order valence-corrected chi connectivity index (χ1v) is 23.3. The zero-order chi connectivity index (χ0) is 46.0. The van der Waals surface area contributed by atoms with Gasteiger partial charge in [0.1, 0.15) is 24.2 Å². The van der Waals surface area contributed by atoms with Crippen molar-refractivity contribution in [2.45, 2.75) is 201 Å². The summed E-state index contributed by atoms with van der Waals surface area (Å²) in [6.07, 6.45) is 7.95. The molecule has 0 bridgehead atoms. The molecule has 0 aromatic rings. The molecule has 0 aromatic carbocycles. The molecule has 2 aliphatic rings. The second kappa shape index (κ2) is 26.5. The van der Waals surface area contributed by atoms with Gasteiger partial charge in [0.2, 0.25) is 23.6 Å². The molecule has 2 N–H and O–H groups in total. The van der Waals surface area contributed by atoms with E-state index in [4.69, 9.17) is 4.74 Å². The van der Waals surface area contributed by atoms with E-state index in [9.17, 15) is 38.8 Å². The number of nitrogens with one attached hydrogen (secondary N) is 2. The molecule has 8 atom stereocenters. The van der Waals surface area contributed by atoms with Crippen molar-refractivity contribution in [1.82, 2.24) is 25.3 Å². The molecule has 346 valence electrons. The van der Waals surface area contributed by atoms with Crippen molar-refractivity contribution in [1.29, 1.82) is 5.26 Å². The van der Waals surface area contributed by atoms with Gasteiger partial charge in [-0.05, 0) is 62.7 Å². The third kappa shape index (κ3) is 16.6. The highest BCUT2D eigenvalue weighted by atomic mass is 16.5. The summed E-state index contributed by atoms with van der Waals surface area (Å²) in [6.45, 7) is 15.3. The Morgan fingerprint density at radius 2 is 1.31 bits per heavy atom. The van der Waals surface area contributed by atoms with Gasteiger partial charge >= 0.3 is 5.97 Å². The Balaban J connectivity index is 2.83. The molecule has 1 heterocycles. The van der Waals surface area contributed by atoms with Gasteiger partial charge in [0.05, 0.1) is 12.1 Å². The number of cyclic esters (lactones) is 1. The van der Waals surface area contributed by atoms with Crippen LogP contribution < -0.4 is 10.6 Å². The quantitative estimate of drug-likeness (QED) is 0.177. The number of amides is 5. The SMILES string of the molecule is CCCC[C@@H](C)CC1NC(=O)[C@H](CC2CCCCC2)N(C)C(=O)[C@H](CC(C)C)CC(=O)[C@H](CC(C)C)N(C)C(=O)[C@H](CCC)NC(=O)[C@@H](CCC#N)OC(=O)[C@H](C)N(C)C1=O. The number of carbonyl (C=O) groups is 7. The number of nitrogens with zero attached hydrogens (tertiary/aromatic N) is 4. The number of ketones is 1. The first kappa shape index (κ1) is 53.1. The molecular formula is C47H80N6O8. The maximum atomic E-state index is 14.8. The van der Waals surface area contributed by atoms with Crippen LogP contribution in [0.2, 0.25) is 0 Å². The van der Waals surface area contributed by atoms with E-state index >= 15 is 0 Å². The molecule has 0 radical (unpaired) electrons. The zero-order valence-corrected chi connectivity index (χ0v) is 39.4. The van der Waals surface area contributed by atoms with Gasteiger partial charge < -0.3 is 30.1 Å². The Labute approximate surface area is 367 Å². The van der Waals surface area contributed by atoms with Gasteiger partial charge in [-0.15, -0.1) is 0 Å². The third-order valence-corrected chi connectivity index (χ3v) is 12.7. The molecule has 1 unspecified atom stereocenters. The van der Waals surface area contributed by atoms with Crippen LogP contribution in [0.15, 0.2) is 0 Å². The van der Waals surface area contributed by atoms with Gasteiger partial charge in [-0.25, -0.2) is 4.79 Å². The summed E-state index contributed by atoms with van der Waals surface area (Å²) in [4.78, 5) is 104. The lowest BCUT2D eigenvalue weighted by Gasteiger charge is -2.36. The van der Waals surface area contributed by atoms with E-state index in [-0.39, 0.29) is 61.0 Å². The minimum absolute atomic E-state index is 0.00127. The smallest absolute Gasteiger partial charge is 0.329 e. The number of esters is 1. The van der Waals surface area contributed by atoms with Crippen LogP contribution >= 0.6 is 0 Å². The van der Waals surface area contributed by atoms with Crippen LogP contribution in [0.1, 0.15) is 165 Å². The molecule has 1 aliphatic heterocycles. The fourth-order valence-electron chi connectivity index (χ4n) is 8.84. The Kier molecular flexibility index (Phi) is 23.0.